The van der Waals surface area contributed by atoms with Crippen LogP contribution in [0.1, 0.15) is 55.5 Å². The molecule has 6 heteroatoms. The second kappa shape index (κ2) is 8.30. The first-order valence-electron chi connectivity index (χ1n) is 10.4. The van der Waals surface area contributed by atoms with Crippen molar-refractivity contribution in [3.63, 3.8) is 0 Å². The molecule has 0 N–H and O–H groups in total. The van der Waals surface area contributed by atoms with E-state index in [9.17, 15) is 4.79 Å². The molecule has 1 aromatic heterocycles. The number of aromatic nitrogens is 3. The minimum absolute atomic E-state index is 0.0725. The number of carbonyl (C=O) groups excluding carboxylic acids is 1. The van der Waals surface area contributed by atoms with Crippen molar-refractivity contribution < 1.29 is 9.53 Å². The van der Waals surface area contributed by atoms with Crippen LogP contribution in [0.4, 0.5) is 5.95 Å². The number of benzene rings is 2. The number of para-hydroxylation sites is 1. The Kier molecular flexibility index (Phi) is 5.57. The minimum Gasteiger partial charge on any atom is -0.496 e. The number of ether oxygens (including phenoxy) is 1. The summed E-state index contributed by atoms with van der Waals surface area (Å²) in [5.74, 6) is 1.74. The number of hydrogen-bond donors (Lipinski definition) is 0. The smallest absolute Gasteiger partial charge is 0.231 e. The predicted octanol–water partition coefficient (Wildman–Crippen LogP) is 4.71. The van der Waals surface area contributed by atoms with E-state index in [2.05, 4.69) is 61.2 Å². The van der Waals surface area contributed by atoms with E-state index in [-0.39, 0.29) is 23.9 Å². The summed E-state index contributed by atoms with van der Waals surface area (Å²) in [6.45, 7) is 6.19. The molecular formula is C24H28N4O2. The largest absolute Gasteiger partial charge is 0.496 e. The highest BCUT2D eigenvalue weighted by molar-refractivity contribution is 5.93. The number of rotatable bonds is 5. The van der Waals surface area contributed by atoms with Crippen LogP contribution in [-0.4, -0.2) is 27.8 Å². The molecule has 0 radical (unpaired) electrons. The summed E-state index contributed by atoms with van der Waals surface area (Å²) in [5, 5.41) is 4.50. The fourth-order valence-corrected chi connectivity index (χ4v) is 4.20. The van der Waals surface area contributed by atoms with Gasteiger partial charge in [0.25, 0.3) is 0 Å². The van der Waals surface area contributed by atoms with Gasteiger partial charge in [-0.2, -0.15) is 10.1 Å². The van der Waals surface area contributed by atoms with Crippen molar-refractivity contribution in [1.29, 1.82) is 0 Å². The molecule has 30 heavy (non-hydrogen) atoms. The number of carbonyl (C=O) groups is 1. The molecule has 3 aromatic rings. The zero-order chi connectivity index (χ0) is 21.3. The average molecular weight is 405 g/mol. The summed E-state index contributed by atoms with van der Waals surface area (Å²) in [4.78, 5) is 19.7. The lowest BCUT2D eigenvalue weighted by Crippen LogP contribution is -2.43. The summed E-state index contributed by atoms with van der Waals surface area (Å²) < 4.78 is 7.49. The standard InChI is InChI=1S/C24H28N4O2/c1-16(2)13-23(29)27-20(18-11-9-17(3)10-12-18)14-21(28-24(27)25-15-26-28)19-7-5-6-8-22(19)30-4/h5-12,15-16,20-21H,13-14H2,1-4H3/t20-,21+/m0/s1. The van der Waals surface area contributed by atoms with Gasteiger partial charge in [-0.05, 0) is 30.9 Å². The van der Waals surface area contributed by atoms with Crippen LogP contribution in [0.2, 0.25) is 0 Å². The first-order chi connectivity index (χ1) is 14.5. The van der Waals surface area contributed by atoms with Gasteiger partial charge in [-0.25, -0.2) is 4.68 Å². The van der Waals surface area contributed by atoms with Crippen LogP contribution >= 0.6 is 0 Å². The Bertz CT molecular complexity index is 1030. The molecular weight excluding hydrogens is 376 g/mol. The minimum atomic E-state index is -0.122. The number of aryl methyl sites for hydroxylation is 1. The number of fused-ring (bicyclic) bond motifs is 1. The molecule has 156 valence electrons. The zero-order valence-corrected chi connectivity index (χ0v) is 17.9. The highest BCUT2D eigenvalue weighted by Gasteiger charge is 2.40. The van der Waals surface area contributed by atoms with Crippen molar-refractivity contribution in [2.45, 2.75) is 45.7 Å². The molecule has 0 unspecified atom stereocenters. The molecule has 1 amide bonds. The lowest BCUT2D eigenvalue weighted by atomic mass is 9.90. The van der Waals surface area contributed by atoms with Crippen LogP contribution in [0.3, 0.4) is 0 Å². The fourth-order valence-electron chi connectivity index (χ4n) is 4.20. The van der Waals surface area contributed by atoms with Gasteiger partial charge in [0.2, 0.25) is 11.9 Å². The predicted molar refractivity (Wildman–Crippen MR) is 117 cm³/mol. The van der Waals surface area contributed by atoms with Gasteiger partial charge in [-0.3, -0.25) is 9.69 Å². The Balaban J connectivity index is 1.84. The third-order valence-corrected chi connectivity index (χ3v) is 5.63. The van der Waals surface area contributed by atoms with Gasteiger partial charge in [-0.1, -0.05) is 61.9 Å². The van der Waals surface area contributed by atoms with E-state index in [4.69, 9.17) is 4.74 Å². The summed E-state index contributed by atoms with van der Waals surface area (Å²) in [6.07, 6.45) is 2.70. The third-order valence-electron chi connectivity index (χ3n) is 5.63. The third kappa shape index (κ3) is 3.70. The quantitative estimate of drug-likeness (QED) is 0.618. The number of amides is 1. The molecule has 0 saturated carbocycles. The van der Waals surface area contributed by atoms with Crippen molar-refractivity contribution in [2.24, 2.45) is 5.92 Å². The van der Waals surface area contributed by atoms with Gasteiger partial charge in [0.15, 0.2) is 0 Å². The van der Waals surface area contributed by atoms with E-state index < -0.39 is 0 Å². The van der Waals surface area contributed by atoms with E-state index in [0.717, 1.165) is 16.9 Å². The molecule has 1 aliphatic rings. The fraction of sp³-hybridized carbons (Fsp3) is 0.375. The van der Waals surface area contributed by atoms with Gasteiger partial charge in [0.1, 0.15) is 12.1 Å². The van der Waals surface area contributed by atoms with Gasteiger partial charge < -0.3 is 4.74 Å². The normalized spacial score (nSPS) is 18.4. The van der Waals surface area contributed by atoms with Crippen molar-refractivity contribution in [2.75, 3.05) is 12.0 Å². The molecule has 0 saturated heterocycles. The molecule has 2 heterocycles. The van der Waals surface area contributed by atoms with Crippen molar-refractivity contribution in [1.82, 2.24) is 14.8 Å². The Morgan fingerprint density at radius 2 is 1.87 bits per heavy atom. The summed E-state index contributed by atoms with van der Waals surface area (Å²) in [5.41, 5.74) is 3.34. The van der Waals surface area contributed by atoms with Crippen LogP contribution in [0.5, 0.6) is 5.75 Å². The second-order valence-electron chi connectivity index (χ2n) is 8.29. The first kappa shape index (κ1) is 20.1. The van der Waals surface area contributed by atoms with Crippen LogP contribution in [0.25, 0.3) is 0 Å². The van der Waals surface area contributed by atoms with Crippen molar-refractivity contribution in [3.8, 4) is 5.75 Å². The first-order valence-corrected chi connectivity index (χ1v) is 10.4. The van der Waals surface area contributed by atoms with Gasteiger partial charge in [0.05, 0.1) is 19.2 Å². The van der Waals surface area contributed by atoms with Crippen LogP contribution in [0, 0.1) is 12.8 Å². The van der Waals surface area contributed by atoms with E-state index >= 15 is 0 Å². The van der Waals surface area contributed by atoms with E-state index in [0.29, 0.717) is 18.8 Å². The number of nitrogens with zero attached hydrogens (tertiary/aromatic N) is 4. The number of hydrogen-bond acceptors (Lipinski definition) is 4. The Morgan fingerprint density at radius 1 is 1.13 bits per heavy atom. The Labute approximate surface area is 177 Å². The maximum atomic E-state index is 13.3. The highest BCUT2D eigenvalue weighted by Crippen LogP contribution is 2.44. The van der Waals surface area contributed by atoms with Gasteiger partial charge in [-0.15, -0.1) is 0 Å². The molecule has 4 rings (SSSR count). The van der Waals surface area contributed by atoms with E-state index in [1.54, 1.807) is 7.11 Å². The molecule has 6 nitrogen and oxygen atoms in total. The molecule has 2 aromatic carbocycles. The number of anilines is 1. The number of methoxy groups -OCH3 is 1. The van der Waals surface area contributed by atoms with E-state index in [1.165, 1.54) is 11.9 Å². The summed E-state index contributed by atoms with van der Waals surface area (Å²) in [7, 11) is 1.68. The SMILES string of the molecule is COc1ccccc1[C@H]1C[C@@H](c2ccc(C)cc2)N(C(=O)CC(C)C)c2ncnn21. The van der Waals surface area contributed by atoms with Crippen molar-refractivity contribution >= 4 is 11.9 Å². The van der Waals surface area contributed by atoms with E-state index in [1.807, 2.05) is 27.8 Å². The lowest BCUT2D eigenvalue weighted by molar-refractivity contribution is -0.120. The molecule has 0 fully saturated rings. The molecule has 0 aliphatic carbocycles. The Hall–Kier alpha value is -3.15. The zero-order valence-electron chi connectivity index (χ0n) is 17.9. The summed E-state index contributed by atoms with van der Waals surface area (Å²) in [6, 6.07) is 16.2. The molecule has 2 atom stereocenters. The van der Waals surface area contributed by atoms with Gasteiger partial charge in [0, 0.05) is 12.0 Å². The topological polar surface area (TPSA) is 60.2 Å². The molecule has 1 aliphatic heterocycles. The molecule has 0 bridgehead atoms. The lowest BCUT2D eigenvalue weighted by Gasteiger charge is -2.39. The van der Waals surface area contributed by atoms with Crippen LogP contribution in [0.15, 0.2) is 54.9 Å². The summed E-state index contributed by atoms with van der Waals surface area (Å²) >= 11 is 0. The maximum Gasteiger partial charge on any atom is 0.231 e. The average Bonchev–Trinajstić information content (AvgIpc) is 3.22. The maximum absolute atomic E-state index is 13.3. The highest BCUT2D eigenvalue weighted by atomic mass is 16.5. The second-order valence-corrected chi connectivity index (χ2v) is 8.29. The molecule has 0 spiro atoms. The van der Waals surface area contributed by atoms with Gasteiger partial charge >= 0.3 is 0 Å². The Morgan fingerprint density at radius 3 is 2.57 bits per heavy atom. The van der Waals surface area contributed by atoms with Crippen molar-refractivity contribution in [3.05, 3.63) is 71.5 Å². The van der Waals surface area contributed by atoms with Crippen LogP contribution < -0.4 is 9.64 Å². The monoisotopic (exact) mass is 404 g/mol. The van der Waals surface area contributed by atoms with Crippen LogP contribution in [-0.2, 0) is 4.79 Å².